The summed E-state index contributed by atoms with van der Waals surface area (Å²) in [4.78, 5) is 11.4. The van der Waals surface area contributed by atoms with Crippen molar-refractivity contribution in [3.05, 3.63) is 0 Å². The minimum Gasteiger partial charge on any atom is -0.374 e. The normalized spacial score (nSPS) is 13.1. The van der Waals surface area contributed by atoms with Gasteiger partial charge in [0, 0.05) is 13.0 Å². The zero-order valence-corrected chi connectivity index (χ0v) is 10.3. The van der Waals surface area contributed by atoms with Crippen molar-refractivity contribution in [3.8, 4) is 0 Å². The van der Waals surface area contributed by atoms with Crippen molar-refractivity contribution in [2.45, 2.75) is 40.0 Å². The molecule has 90 valence electrons. The van der Waals surface area contributed by atoms with Crippen molar-refractivity contribution < 1.29 is 9.53 Å². The average Bonchev–Trinajstić information content (AvgIpc) is 2.20. The van der Waals surface area contributed by atoms with E-state index in [0.29, 0.717) is 31.4 Å². The molecule has 1 atom stereocenters. The molecule has 0 aliphatic heterocycles. The van der Waals surface area contributed by atoms with Crippen LogP contribution in [0.3, 0.4) is 0 Å². The number of hydrogen-bond acceptors (Lipinski definition) is 3. The summed E-state index contributed by atoms with van der Waals surface area (Å²) in [5.41, 5.74) is 5.54. The SMILES string of the molecule is CCOCC(=O)CCC(CCN)C(C)C. The van der Waals surface area contributed by atoms with Crippen molar-refractivity contribution in [1.82, 2.24) is 0 Å². The van der Waals surface area contributed by atoms with Crippen LogP contribution in [0.4, 0.5) is 0 Å². The number of carbonyl (C=O) groups excluding carboxylic acids is 1. The topological polar surface area (TPSA) is 52.3 Å². The quantitative estimate of drug-likeness (QED) is 0.640. The number of nitrogens with two attached hydrogens (primary N) is 1. The van der Waals surface area contributed by atoms with Crippen LogP contribution < -0.4 is 5.73 Å². The summed E-state index contributed by atoms with van der Waals surface area (Å²) in [7, 11) is 0. The van der Waals surface area contributed by atoms with Crippen molar-refractivity contribution >= 4 is 5.78 Å². The Hall–Kier alpha value is -0.410. The molecule has 0 rings (SSSR count). The molecule has 2 N–H and O–H groups in total. The molecule has 0 amide bonds. The van der Waals surface area contributed by atoms with Gasteiger partial charge in [0.15, 0.2) is 5.78 Å². The Kier molecular flexibility index (Phi) is 8.62. The molecule has 15 heavy (non-hydrogen) atoms. The number of ketones is 1. The number of carbonyl (C=O) groups is 1. The van der Waals surface area contributed by atoms with Crippen LogP contribution in [0, 0.1) is 11.8 Å². The first kappa shape index (κ1) is 14.6. The van der Waals surface area contributed by atoms with Gasteiger partial charge in [0.2, 0.25) is 0 Å². The molecule has 0 saturated carbocycles. The molecule has 0 heterocycles. The molecule has 0 aliphatic rings. The number of ether oxygens (including phenoxy) is 1. The molecule has 0 aliphatic carbocycles. The van der Waals surface area contributed by atoms with Crippen LogP contribution in [0.25, 0.3) is 0 Å². The van der Waals surface area contributed by atoms with Crippen LogP contribution in [0.15, 0.2) is 0 Å². The van der Waals surface area contributed by atoms with Gasteiger partial charge in [-0.05, 0) is 38.1 Å². The first-order valence-corrected chi connectivity index (χ1v) is 5.91. The Labute approximate surface area is 93.4 Å². The van der Waals surface area contributed by atoms with Crippen molar-refractivity contribution in [1.29, 1.82) is 0 Å². The van der Waals surface area contributed by atoms with Crippen molar-refractivity contribution in [3.63, 3.8) is 0 Å². The summed E-state index contributed by atoms with van der Waals surface area (Å²) >= 11 is 0. The lowest BCUT2D eigenvalue weighted by molar-refractivity contribution is -0.123. The average molecular weight is 215 g/mol. The number of hydrogen-bond donors (Lipinski definition) is 1. The van der Waals surface area contributed by atoms with Gasteiger partial charge in [-0.15, -0.1) is 0 Å². The molecule has 0 fully saturated rings. The van der Waals surface area contributed by atoms with Gasteiger partial charge in [-0.25, -0.2) is 0 Å². The van der Waals surface area contributed by atoms with E-state index in [1.54, 1.807) is 0 Å². The van der Waals surface area contributed by atoms with E-state index in [1.807, 2.05) is 6.92 Å². The molecule has 0 radical (unpaired) electrons. The highest BCUT2D eigenvalue weighted by atomic mass is 16.5. The van der Waals surface area contributed by atoms with E-state index >= 15 is 0 Å². The third kappa shape index (κ3) is 7.51. The fourth-order valence-electron chi connectivity index (χ4n) is 1.66. The summed E-state index contributed by atoms with van der Waals surface area (Å²) in [6, 6.07) is 0. The summed E-state index contributed by atoms with van der Waals surface area (Å²) < 4.78 is 5.07. The Morgan fingerprint density at radius 2 is 2.00 bits per heavy atom. The second-order valence-corrected chi connectivity index (χ2v) is 4.30. The molecule has 3 heteroatoms. The van der Waals surface area contributed by atoms with E-state index in [2.05, 4.69) is 13.8 Å². The third-order valence-corrected chi connectivity index (χ3v) is 2.74. The highest BCUT2D eigenvalue weighted by Gasteiger charge is 2.14. The van der Waals surface area contributed by atoms with Crippen molar-refractivity contribution in [2.24, 2.45) is 17.6 Å². The molecule has 0 saturated heterocycles. The third-order valence-electron chi connectivity index (χ3n) is 2.74. The predicted octanol–water partition coefficient (Wildman–Crippen LogP) is 1.99. The van der Waals surface area contributed by atoms with Gasteiger partial charge in [0.25, 0.3) is 0 Å². The zero-order chi connectivity index (χ0) is 11.7. The zero-order valence-electron chi connectivity index (χ0n) is 10.3. The second-order valence-electron chi connectivity index (χ2n) is 4.30. The van der Waals surface area contributed by atoms with Gasteiger partial charge in [0.1, 0.15) is 6.61 Å². The number of rotatable bonds is 9. The molecule has 1 unspecified atom stereocenters. The van der Waals surface area contributed by atoms with Gasteiger partial charge in [-0.3, -0.25) is 4.79 Å². The standard InChI is InChI=1S/C12H25NO2/c1-4-15-9-12(14)6-5-11(7-8-13)10(2)3/h10-11H,4-9,13H2,1-3H3. The molecule has 3 nitrogen and oxygen atoms in total. The summed E-state index contributed by atoms with van der Waals surface area (Å²) in [6.07, 6.45) is 2.59. The van der Waals surface area contributed by atoms with Crippen molar-refractivity contribution in [2.75, 3.05) is 19.8 Å². The van der Waals surface area contributed by atoms with E-state index < -0.39 is 0 Å². The molecule has 0 aromatic carbocycles. The Bertz CT molecular complexity index is 169. The van der Waals surface area contributed by atoms with Gasteiger partial charge in [0.05, 0.1) is 0 Å². The second kappa shape index (κ2) is 8.86. The highest BCUT2D eigenvalue weighted by Crippen LogP contribution is 2.20. The molecule has 0 aromatic heterocycles. The smallest absolute Gasteiger partial charge is 0.158 e. The van der Waals surface area contributed by atoms with Crippen LogP contribution >= 0.6 is 0 Å². The van der Waals surface area contributed by atoms with Crippen LogP contribution in [0.5, 0.6) is 0 Å². The minimum absolute atomic E-state index is 0.208. The maximum atomic E-state index is 11.4. The fraction of sp³-hybridized carbons (Fsp3) is 0.917. The fourth-order valence-corrected chi connectivity index (χ4v) is 1.66. The lowest BCUT2D eigenvalue weighted by Crippen LogP contribution is -2.17. The first-order chi connectivity index (χ1) is 7.11. The van der Waals surface area contributed by atoms with E-state index in [-0.39, 0.29) is 12.4 Å². The largest absolute Gasteiger partial charge is 0.374 e. The molecular formula is C12H25NO2. The predicted molar refractivity (Wildman–Crippen MR) is 62.7 cm³/mol. The summed E-state index contributed by atoms with van der Waals surface area (Å²) in [6.45, 7) is 7.87. The van der Waals surface area contributed by atoms with Gasteiger partial charge in [-0.2, -0.15) is 0 Å². The van der Waals surface area contributed by atoms with Crippen LogP contribution in [-0.2, 0) is 9.53 Å². The van der Waals surface area contributed by atoms with Crippen LogP contribution in [0.2, 0.25) is 0 Å². The lowest BCUT2D eigenvalue weighted by atomic mass is 9.88. The Morgan fingerprint density at radius 1 is 1.33 bits per heavy atom. The van der Waals surface area contributed by atoms with E-state index in [0.717, 1.165) is 12.8 Å². The van der Waals surface area contributed by atoms with E-state index in [9.17, 15) is 4.79 Å². The van der Waals surface area contributed by atoms with E-state index in [1.165, 1.54) is 0 Å². The summed E-state index contributed by atoms with van der Waals surface area (Å²) in [5.74, 6) is 1.38. The minimum atomic E-state index is 0.208. The molecule has 0 aromatic rings. The van der Waals surface area contributed by atoms with Gasteiger partial charge < -0.3 is 10.5 Å². The Balaban J connectivity index is 3.73. The molecular weight excluding hydrogens is 190 g/mol. The van der Waals surface area contributed by atoms with Crippen LogP contribution in [0.1, 0.15) is 40.0 Å². The molecule has 0 bridgehead atoms. The van der Waals surface area contributed by atoms with Gasteiger partial charge in [-0.1, -0.05) is 13.8 Å². The number of Topliss-reactive ketones (excluding diaryl/α,β-unsaturated/α-hetero) is 1. The highest BCUT2D eigenvalue weighted by molar-refractivity contribution is 5.79. The molecule has 0 spiro atoms. The monoisotopic (exact) mass is 215 g/mol. The Morgan fingerprint density at radius 3 is 2.47 bits per heavy atom. The maximum Gasteiger partial charge on any atom is 0.158 e. The maximum absolute atomic E-state index is 11.4. The lowest BCUT2D eigenvalue weighted by Gasteiger charge is -2.19. The summed E-state index contributed by atoms with van der Waals surface area (Å²) in [5, 5.41) is 0. The first-order valence-electron chi connectivity index (χ1n) is 5.91. The van der Waals surface area contributed by atoms with Crippen LogP contribution in [-0.4, -0.2) is 25.5 Å². The van der Waals surface area contributed by atoms with Gasteiger partial charge >= 0.3 is 0 Å². The van der Waals surface area contributed by atoms with E-state index in [4.69, 9.17) is 10.5 Å².